The maximum Gasteiger partial charge on any atom is 0.253 e. The van der Waals surface area contributed by atoms with E-state index in [0.29, 0.717) is 5.69 Å². The van der Waals surface area contributed by atoms with Gasteiger partial charge < -0.3 is 0 Å². The Labute approximate surface area is 160 Å². The molecule has 0 spiro atoms. The highest BCUT2D eigenvalue weighted by Crippen LogP contribution is 2.49. The van der Waals surface area contributed by atoms with Gasteiger partial charge in [0, 0.05) is 17.6 Å². The van der Waals surface area contributed by atoms with Gasteiger partial charge in [-0.2, -0.15) is 0 Å². The molecule has 0 aliphatic carbocycles. The van der Waals surface area contributed by atoms with Crippen LogP contribution in [0.25, 0.3) is 0 Å². The molecule has 0 N–H and O–H groups in total. The van der Waals surface area contributed by atoms with E-state index in [-0.39, 0.29) is 23.8 Å². The number of hydrogen-bond acceptors (Lipinski definition) is 4. The first kappa shape index (κ1) is 16.2. The van der Waals surface area contributed by atoms with Crippen LogP contribution in [0.5, 0.6) is 0 Å². The molecule has 3 atom stereocenters. The summed E-state index contributed by atoms with van der Waals surface area (Å²) in [5.74, 6) is -0.579. The van der Waals surface area contributed by atoms with Gasteiger partial charge in [-0.05, 0) is 40.0 Å². The second-order valence-electron chi connectivity index (χ2n) is 6.97. The van der Waals surface area contributed by atoms with E-state index in [9.17, 15) is 9.59 Å². The number of carbonyl (C=O) groups is 2. The number of hydrogen-bond donors (Lipinski definition) is 0. The highest BCUT2D eigenvalue weighted by Gasteiger charge is 2.62. The van der Waals surface area contributed by atoms with Crippen molar-refractivity contribution in [1.29, 1.82) is 0 Å². The minimum absolute atomic E-state index is 0.0763. The lowest BCUT2D eigenvalue weighted by Gasteiger charge is -2.30. The van der Waals surface area contributed by atoms with Crippen LogP contribution in [-0.2, 0) is 9.59 Å². The van der Waals surface area contributed by atoms with Gasteiger partial charge in [-0.1, -0.05) is 42.5 Å². The zero-order valence-electron chi connectivity index (χ0n) is 14.1. The average Bonchev–Trinajstić information content (AvgIpc) is 3.29. The van der Waals surface area contributed by atoms with Gasteiger partial charge in [0.25, 0.3) is 5.91 Å². The Kier molecular flexibility index (Phi) is 3.74. The van der Waals surface area contributed by atoms with Crippen LogP contribution in [0.4, 0.5) is 5.69 Å². The smallest absolute Gasteiger partial charge is 0.253 e. The monoisotopic (exact) mass is 411 g/mol. The molecule has 3 aliphatic rings. The van der Waals surface area contributed by atoms with Crippen molar-refractivity contribution in [3.05, 3.63) is 64.6 Å². The number of fused-ring (bicyclic) bond motifs is 3. The Morgan fingerprint density at radius 2 is 1.46 bits per heavy atom. The molecule has 0 unspecified atom stereocenters. The predicted molar refractivity (Wildman–Crippen MR) is 101 cm³/mol. The van der Waals surface area contributed by atoms with Crippen LogP contribution in [0.2, 0.25) is 0 Å². The number of imide groups is 1. The van der Waals surface area contributed by atoms with E-state index >= 15 is 0 Å². The molecule has 5 nitrogen and oxygen atoms in total. The second-order valence-corrected chi connectivity index (χ2v) is 7.82. The van der Waals surface area contributed by atoms with E-state index < -0.39 is 6.04 Å². The Morgan fingerprint density at radius 3 is 2.19 bits per heavy atom. The summed E-state index contributed by atoms with van der Waals surface area (Å²) in [6.45, 7) is 1.72. The summed E-state index contributed by atoms with van der Waals surface area (Å²) in [6, 6.07) is 17.0. The van der Waals surface area contributed by atoms with Crippen LogP contribution in [0.3, 0.4) is 0 Å². The lowest BCUT2D eigenvalue weighted by atomic mass is 9.90. The molecule has 5 rings (SSSR count). The number of benzene rings is 2. The molecule has 2 aromatic carbocycles. The van der Waals surface area contributed by atoms with Gasteiger partial charge in [0.05, 0.1) is 17.6 Å². The first-order valence-electron chi connectivity index (χ1n) is 8.89. The maximum absolute atomic E-state index is 13.4. The molecule has 2 amide bonds. The van der Waals surface area contributed by atoms with Crippen molar-refractivity contribution in [2.75, 3.05) is 18.0 Å². The van der Waals surface area contributed by atoms with Crippen LogP contribution < -0.4 is 4.90 Å². The molecule has 2 aromatic rings. The van der Waals surface area contributed by atoms with E-state index in [4.69, 9.17) is 0 Å². The lowest BCUT2D eigenvalue weighted by Crippen LogP contribution is -2.44. The summed E-state index contributed by atoms with van der Waals surface area (Å²) in [4.78, 5) is 28.1. The van der Waals surface area contributed by atoms with Crippen molar-refractivity contribution in [2.45, 2.75) is 18.5 Å². The summed E-state index contributed by atoms with van der Waals surface area (Å²) < 4.78 is 0.760. The standard InChI is InChI=1S/C20H18BrN3O2/c21-14-9-4-5-10-15(14)24-19(25)16-17(13-7-2-1-3-8-13)22-11-6-12-23(22)18(16)20(24)26/h1-5,7-10,16-18H,6,11-12H2/t16-,17+,18+/m0/s1. The van der Waals surface area contributed by atoms with E-state index in [0.717, 1.165) is 29.5 Å². The zero-order valence-corrected chi connectivity index (χ0v) is 15.7. The lowest BCUT2D eigenvalue weighted by molar-refractivity contribution is -0.126. The minimum atomic E-state index is -0.401. The predicted octanol–water partition coefficient (Wildman–Crippen LogP) is 2.98. The van der Waals surface area contributed by atoms with Gasteiger partial charge in [0.2, 0.25) is 5.91 Å². The number of rotatable bonds is 2. The van der Waals surface area contributed by atoms with Crippen molar-refractivity contribution in [1.82, 2.24) is 10.0 Å². The van der Waals surface area contributed by atoms with E-state index in [1.165, 1.54) is 4.90 Å². The highest BCUT2D eigenvalue weighted by molar-refractivity contribution is 9.10. The van der Waals surface area contributed by atoms with Crippen molar-refractivity contribution in [3.8, 4) is 0 Å². The molecule has 132 valence electrons. The molecule has 0 aromatic heterocycles. The SMILES string of the molecule is O=C1[C@H]2[C@@H](c3ccccc3)N3CCCN3[C@H]2C(=O)N1c1ccccc1Br. The van der Waals surface area contributed by atoms with Gasteiger partial charge >= 0.3 is 0 Å². The third-order valence-electron chi connectivity index (χ3n) is 5.64. The number of anilines is 1. The number of para-hydroxylation sites is 1. The van der Waals surface area contributed by atoms with Crippen molar-refractivity contribution < 1.29 is 9.59 Å². The Morgan fingerprint density at radius 1 is 0.808 bits per heavy atom. The van der Waals surface area contributed by atoms with Crippen LogP contribution in [0.1, 0.15) is 18.0 Å². The van der Waals surface area contributed by atoms with Crippen molar-refractivity contribution in [2.24, 2.45) is 5.92 Å². The van der Waals surface area contributed by atoms with Gasteiger partial charge in [0.1, 0.15) is 6.04 Å². The minimum Gasteiger partial charge on any atom is -0.274 e. The number of halogens is 1. The molecule has 3 heterocycles. The molecule has 0 bridgehead atoms. The summed E-state index contributed by atoms with van der Waals surface area (Å²) in [7, 11) is 0. The number of amides is 2. The van der Waals surface area contributed by atoms with Crippen LogP contribution in [0, 0.1) is 5.92 Å². The molecule has 6 heteroatoms. The Bertz CT molecular complexity index is 888. The summed E-state index contributed by atoms with van der Waals surface area (Å²) in [5, 5.41) is 4.36. The molecule has 0 saturated carbocycles. The summed E-state index contributed by atoms with van der Waals surface area (Å²) in [5.41, 5.74) is 1.73. The van der Waals surface area contributed by atoms with Crippen LogP contribution >= 0.6 is 15.9 Å². The number of hydrazine groups is 1. The quantitative estimate of drug-likeness (QED) is 0.712. The topological polar surface area (TPSA) is 43.9 Å². The van der Waals surface area contributed by atoms with Gasteiger partial charge in [-0.3, -0.25) is 9.59 Å². The highest BCUT2D eigenvalue weighted by atomic mass is 79.9. The Hall–Kier alpha value is -2.02. The molecule has 0 radical (unpaired) electrons. The maximum atomic E-state index is 13.4. The van der Waals surface area contributed by atoms with Crippen LogP contribution in [-0.4, -0.2) is 41.0 Å². The van der Waals surface area contributed by atoms with Gasteiger partial charge in [-0.15, -0.1) is 0 Å². The molecular formula is C20H18BrN3O2. The van der Waals surface area contributed by atoms with Crippen LogP contribution in [0.15, 0.2) is 59.1 Å². The first-order chi connectivity index (χ1) is 12.7. The third-order valence-corrected chi connectivity index (χ3v) is 6.31. The number of nitrogens with zero attached hydrogens (tertiary/aromatic N) is 3. The van der Waals surface area contributed by atoms with Crippen molar-refractivity contribution in [3.63, 3.8) is 0 Å². The fourth-order valence-corrected chi connectivity index (χ4v) is 5.10. The largest absolute Gasteiger partial charge is 0.274 e. The third kappa shape index (κ3) is 2.16. The molecular weight excluding hydrogens is 394 g/mol. The first-order valence-corrected chi connectivity index (χ1v) is 9.68. The summed E-state index contributed by atoms with van der Waals surface area (Å²) >= 11 is 3.49. The molecule has 3 fully saturated rings. The fourth-order valence-electron chi connectivity index (χ4n) is 4.63. The van der Waals surface area contributed by atoms with E-state index in [2.05, 4.69) is 38.1 Å². The normalized spacial score (nSPS) is 28.7. The van der Waals surface area contributed by atoms with E-state index in [1.54, 1.807) is 0 Å². The average molecular weight is 412 g/mol. The number of carbonyl (C=O) groups excluding carboxylic acids is 2. The molecule has 26 heavy (non-hydrogen) atoms. The molecule has 3 aliphatic heterocycles. The molecule has 3 saturated heterocycles. The Balaban J connectivity index is 1.61. The van der Waals surface area contributed by atoms with Crippen molar-refractivity contribution >= 4 is 33.4 Å². The summed E-state index contributed by atoms with van der Waals surface area (Å²) in [6.07, 6.45) is 1.02. The van der Waals surface area contributed by atoms with Gasteiger partial charge in [-0.25, -0.2) is 14.9 Å². The zero-order chi connectivity index (χ0) is 17.8. The van der Waals surface area contributed by atoms with E-state index in [1.807, 2.05) is 42.5 Å². The van der Waals surface area contributed by atoms with Gasteiger partial charge in [0.15, 0.2) is 0 Å². The second kappa shape index (κ2) is 6.01. The fraction of sp³-hybridized carbons (Fsp3) is 0.300.